The van der Waals surface area contributed by atoms with Crippen LogP contribution in [-0.4, -0.2) is 54.2 Å². The van der Waals surface area contributed by atoms with E-state index in [2.05, 4.69) is 15.5 Å². The molecule has 4 rings (SSSR count). The molecule has 3 aromatic rings. The summed E-state index contributed by atoms with van der Waals surface area (Å²) in [7, 11) is -3.17. The largest absolute Gasteiger partial charge is 0.351 e. The highest BCUT2D eigenvalue weighted by Gasteiger charge is 2.28. The second kappa shape index (κ2) is 7.26. The Balaban J connectivity index is 1.59. The standard InChI is InChI=1S/C18H20N4O4S2/c1-11-4-5-15(27-11)14-10-13(16-12(2)21-26-18(16)20-14)17(23)19-6-8-22-7-3-9-28(22,24)25/h4-5,10H,3,6-9H2,1-2H3,(H,19,23). The average molecular weight is 421 g/mol. The van der Waals surface area contributed by atoms with E-state index in [0.29, 0.717) is 41.0 Å². The normalized spacial score (nSPS) is 16.6. The number of sulfonamides is 1. The van der Waals surface area contributed by atoms with Gasteiger partial charge < -0.3 is 9.84 Å². The molecule has 1 aliphatic heterocycles. The molecule has 1 aliphatic rings. The molecule has 1 amide bonds. The molecule has 28 heavy (non-hydrogen) atoms. The molecule has 4 heterocycles. The van der Waals surface area contributed by atoms with Gasteiger partial charge in [0.1, 0.15) is 0 Å². The van der Waals surface area contributed by atoms with Gasteiger partial charge in [-0.3, -0.25) is 4.79 Å². The Labute approximate surface area is 166 Å². The van der Waals surface area contributed by atoms with E-state index in [1.807, 2.05) is 19.1 Å². The lowest BCUT2D eigenvalue weighted by molar-refractivity contribution is 0.0953. The number of rotatable bonds is 5. The third-order valence-electron chi connectivity index (χ3n) is 4.70. The first-order valence-electron chi connectivity index (χ1n) is 8.95. The highest BCUT2D eigenvalue weighted by Crippen LogP contribution is 2.31. The van der Waals surface area contributed by atoms with E-state index in [1.165, 1.54) is 4.31 Å². The topological polar surface area (TPSA) is 105 Å². The first kappa shape index (κ1) is 19.0. The molecule has 8 nitrogen and oxygen atoms in total. The van der Waals surface area contributed by atoms with Crippen LogP contribution >= 0.6 is 11.3 Å². The van der Waals surface area contributed by atoms with E-state index in [-0.39, 0.29) is 24.7 Å². The Morgan fingerprint density at radius 3 is 2.86 bits per heavy atom. The number of hydrogen-bond acceptors (Lipinski definition) is 7. The van der Waals surface area contributed by atoms with Crippen molar-refractivity contribution in [1.29, 1.82) is 0 Å². The van der Waals surface area contributed by atoms with Crippen LogP contribution in [0, 0.1) is 13.8 Å². The van der Waals surface area contributed by atoms with Crippen molar-refractivity contribution >= 4 is 38.4 Å². The van der Waals surface area contributed by atoms with Crippen LogP contribution in [0.25, 0.3) is 21.7 Å². The summed E-state index contributed by atoms with van der Waals surface area (Å²) in [4.78, 5) is 19.4. The number of nitrogens with one attached hydrogen (secondary N) is 1. The maximum absolute atomic E-state index is 12.9. The van der Waals surface area contributed by atoms with E-state index in [0.717, 1.165) is 9.75 Å². The quantitative estimate of drug-likeness (QED) is 0.679. The average Bonchev–Trinajstić information content (AvgIpc) is 3.34. The first-order chi connectivity index (χ1) is 13.3. The highest BCUT2D eigenvalue weighted by molar-refractivity contribution is 7.89. The number of hydrogen-bond donors (Lipinski definition) is 1. The fourth-order valence-electron chi connectivity index (χ4n) is 3.30. The Bertz CT molecular complexity index is 1150. The molecule has 1 fully saturated rings. The van der Waals surface area contributed by atoms with E-state index >= 15 is 0 Å². The molecule has 148 valence electrons. The van der Waals surface area contributed by atoms with Gasteiger partial charge in [-0.2, -0.15) is 0 Å². The van der Waals surface area contributed by atoms with Crippen molar-refractivity contribution in [2.75, 3.05) is 25.4 Å². The summed E-state index contributed by atoms with van der Waals surface area (Å²) < 4.78 is 30.5. The maximum Gasteiger partial charge on any atom is 0.259 e. The predicted molar refractivity (Wildman–Crippen MR) is 107 cm³/mol. The van der Waals surface area contributed by atoms with Crippen LogP contribution in [0.1, 0.15) is 27.3 Å². The zero-order chi connectivity index (χ0) is 19.9. The SMILES string of the molecule is Cc1ccc(-c2cc(C(=O)NCCN3CCCS3(=O)=O)c3c(C)noc3n2)s1. The number of aromatic nitrogens is 2. The van der Waals surface area contributed by atoms with Crippen LogP contribution in [0.4, 0.5) is 0 Å². The van der Waals surface area contributed by atoms with Crippen molar-refractivity contribution in [1.82, 2.24) is 19.8 Å². The van der Waals surface area contributed by atoms with Crippen LogP contribution < -0.4 is 5.32 Å². The van der Waals surface area contributed by atoms with Gasteiger partial charge >= 0.3 is 0 Å². The molecule has 0 atom stereocenters. The van der Waals surface area contributed by atoms with Crippen molar-refractivity contribution in [2.45, 2.75) is 20.3 Å². The van der Waals surface area contributed by atoms with Crippen molar-refractivity contribution in [3.05, 3.63) is 34.3 Å². The number of nitrogens with zero attached hydrogens (tertiary/aromatic N) is 3. The van der Waals surface area contributed by atoms with Gasteiger partial charge in [-0.15, -0.1) is 11.3 Å². The molecule has 0 spiro atoms. The third-order valence-corrected chi connectivity index (χ3v) is 7.68. The lowest BCUT2D eigenvalue weighted by Crippen LogP contribution is -2.36. The fourth-order valence-corrected chi connectivity index (χ4v) is 5.66. The van der Waals surface area contributed by atoms with Gasteiger partial charge in [0.25, 0.3) is 11.6 Å². The highest BCUT2D eigenvalue weighted by atomic mass is 32.2. The second-order valence-electron chi connectivity index (χ2n) is 6.74. The Morgan fingerprint density at radius 1 is 1.36 bits per heavy atom. The van der Waals surface area contributed by atoms with Crippen LogP contribution in [-0.2, 0) is 10.0 Å². The molecular weight excluding hydrogens is 400 g/mol. The number of fused-ring (bicyclic) bond motifs is 1. The summed E-state index contributed by atoms with van der Waals surface area (Å²) in [6.07, 6.45) is 0.630. The van der Waals surface area contributed by atoms with Crippen LogP contribution in [0.2, 0.25) is 0 Å². The van der Waals surface area contributed by atoms with Crippen molar-refractivity contribution < 1.29 is 17.7 Å². The molecular formula is C18H20N4O4S2. The van der Waals surface area contributed by atoms with Crippen LogP contribution in [0.15, 0.2) is 22.7 Å². The van der Waals surface area contributed by atoms with E-state index in [4.69, 9.17) is 4.52 Å². The molecule has 0 aromatic carbocycles. The minimum atomic E-state index is -3.17. The minimum absolute atomic E-state index is 0.176. The molecule has 3 aromatic heterocycles. The summed E-state index contributed by atoms with van der Waals surface area (Å²) in [6.45, 7) is 4.77. The van der Waals surface area contributed by atoms with E-state index < -0.39 is 10.0 Å². The lowest BCUT2D eigenvalue weighted by Gasteiger charge is -2.14. The Kier molecular flexibility index (Phi) is 4.94. The minimum Gasteiger partial charge on any atom is -0.351 e. The number of carbonyl (C=O) groups excluding carboxylic acids is 1. The van der Waals surface area contributed by atoms with Gasteiger partial charge in [-0.05, 0) is 38.5 Å². The number of amides is 1. The number of aryl methyl sites for hydroxylation is 2. The first-order valence-corrected chi connectivity index (χ1v) is 11.4. The van der Waals surface area contributed by atoms with Crippen LogP contribution in [0.5, 0.6) is 0 Å². The van der Waals surface area contributed by atoms with E-state index in [9.17, 15) is 13.2 Å². The monoisotopic (exact) mass is 420 g/mol. The van der Waals surface area contributed by atoms with Crippen molar-refractivity contribution in [2.24, 2.45) is 0 Å². The van der Waals surface area contributed by atoms with Crippen LogP contribution in [0.3, 0.4) is 0 Å². The molecule has 1 N–H and O–H groups in total. The maximum atomic E-state index is 12.9. The van der Waals surface area contributed by atoms with Crippen molar-refractivity contribution in [3.8, 4) is 10.6 Å². The molecule has 0 unspecified atom stereocenters. The molecule has 1 saturated heterocycles. The van der Waals surface area contributed by atoms with Gasteiger partial charge in [0, 0.05) is 24.5 Å². The summed E-state index contributed by atoms with van der Waals surface area (Å²) in [5.41, 5.74) is 1.97. The van der Waals surface area contributed by atoms with Gasteiger partial charge in [0.05, 0.1) is 33.0 Å². The summed E-state index contributed by atoms with van der Waals surface area (Å²) in [5, 5.41) is 7.33. The van der Waals surface area contributed by atoms with Gasteiger partial charge in [-0.1, -0.05) is 5.16 Å². The smallest absolute Gasteiger partial charge is 0.259 e. The Morgan fingerprint density at radius 2 is 2.18 bits per heavy atom. The van der Waals surface area contributed by atoms with Crippen molar-refractivity contribution in [3.63, 3.8) is 0 Å². The van der Waals surface area contributed by atoms with Gasteiger partial charge in [0.15, 0.2) is 0 Å². The van der Waals surface area contributed by atoms with Gasteiger partial charge in [-0.25, -0.2) is 17.7 Å². The number of thiophene rings is 1. The van der Waals surface area contributed by atoms with E-state index in [1.54, 1.807) is 24.3 Å². The third kappa shape index (κ3) is 3.54. The fraction of sp³-hybridized carbons (Fsp3) is 0.389. The number of carbonyl (C=O) groups is 1. The molecule has 0 saturated carbocycles. The lowest BCUT2D eigenvalue weighted by atomic mass is 10.1. The molecule has 0 bridgehead atoms. The Hall–Kier alpha value is -2.30. The molecule has 0 aliphatic carbocycles. The summed E-state index contributed by atoms with van der Waals surface area (Å²) in [5.74, 6) is -0.125. The second-order valence-corrected chi connectivity index (χ2v) is 10.1. The predicted octanol–water partition coefficient (Wildman–Crippen LogP) is 2.33. The molecule has 10 heteroatoms. The summed E-state index contributed by atoms with van der Waals surface area (Å²) >= 11 is 1.58. The zero-order valence-electron chi connectivity index (χ0n) is 15.6. The summed E-state index contributed by atoms with van der Waals surface area (Å²) in [6, 6.07) is 5.69. The zero-order valence-corrected chi connectivity index (χ0v) is 17.2. The molecule has 0 radical (unpaired) electrons. The number of pyridine rings is 1. The van der Waals surface area contributed by atoms with Gasteiger partial charge in [0.2, 0.25) is 10.0 Å².